The highest BCUT2D eigenvalue weighted by molar-refractivity contribution is 5.93. The summed E-state index contributed by atoms with van der Waals surface area (Å²) >= 11 is 0. The van der Waals surface area contributed by atoms with Gasteiger partial charge in [-0.25, -0.2) is 0 Å². The van der Waals surface area contributed by atoms with Crippen LogP contribution in [0.3, 0.4) is 0 Å². The topological polar surface area (TPSA) is 57.6 Å². The number of carbonyl (C=O) groups excluding carboxylic acids is 1. The van der Waals surface area contributed by atoms with E-state index >= 15 is 0 Å². The molecule has 1 atom stereocenters. The SMILES string of the molecule is CC(=O)N1CCc2cc(C(C)C(=O)O)ccc21. The molecular formula is C13H15NO3. The van der Waals surface area contributed by atoms with E-state index in [0.29, 0.717) is 6.54 Å². The van der Waals surface area contributed by atoms with Gasteiger partial charge in [0, 0.05) is 19.2 Å². The molecule has 1 aromatic rings. The van der Waals surface area contributed by atoms with Crippen molar-refractivity contribution in [3.8, 4) is 0 Å². The van der Waals surface area contributed by atoms with Crippen LogP contribution in [0.5, 0.6) is 0 Å². The minimum Gasteiger partial charge on any atom is -0.481 e. The third-order valence-electron chi connectivity index (χ3n) is 3.25. The van der Waals surface area contributed by atoms with E-state index in [0.717, 1.165) is 23.2 Å². The summed E-state index contributed by atoms with van der Waals surface area (Å²) in [6, 6.07) is 5.54. The lowest BCUT2D eigenvalue weighted by molar-refractivity contribution is -0.138. The minimum atomic E-state index is -0.827. The molecule has 17 heavy (non-hydrogen) atoms. The first-order chi connectivity index (χ1) is 8.00. The Balaban J connectivity index is 2.34. The number of hydrogen-bond donors (Lipinski definition) is 1. The Hall–Kier alpha value is -1.84. The fourth-order valence-electron chi connectivity index (χ4n) is 2.16. The van der Waals surface area contributed by atoms with E-state index in [1.807, 2.05) is 12.1 Å². The van der Waals surface area contributed by atoms with Crippen molar-refractivity contribution in [1.82, 2.24) is 0 Å². The first kappa shape index (κ1) is 11.6. The zero-order valence-electron chi connectivity index (χ0n) is 9.93. The molecule has 1 aromatic carbocycles. The third kappa shape index (κ3) is 2.02. The summed E-state index contributed by atoms with van der Waals surface area (Å²) < 4.78 is 0. The molecule has 0 fully saturated rings. The van der Waals surface area contributed by atoms with Crippen LogP contribution in [0.2, 0.25) is 0 Å². The van der Waals surface area contributed by atoms with Gasteiger partial charge in [-0.1, -0.05) is 12.1 Å². The van der Waals surface area contributed by atoms with Gasteiger partial charge < -0.3 is 10.0 Å². The molecular weight excluding hydrogens is 218 g/mol. The number of benzene rings is 1. The van der Waals surface area contributed by atoms with E-state index < -0.39 is 11.9 Å². The maximum absolute atomic E-state index is 11.4. The lowest BCUT2D eigenvalue weighted by Gasteiger charge is -2.15. The second-order valence-corrected chi connectivity index (χ2v) is 4.37. The van der Waals surface area contributed by atoms with Gasteiger partial charge in [-0.2, -0.15) is 0 Å². The van der Waals surface area contributed by atoms with Crippen LogP contribution in [-0.2, 0) is 16.0 Å². The molecule has 0 radical (unpaired) electrons. The van der Waals surface area contributed by atoms with Gasteiger partial charge in [-0.05, 0) is 30.5 Å². The van der Waals surface area contributed by atoms with Crippen molar-refractivity contribution >= 4 is 17.6 Å². The van der Waals surface area contributed by atoms with Crippen LogP contribution >= 0.6 is 0 Å². The zero-order valence-corrected chi connectivity index (χ0v) is 9.93. The Morgan fingerprint density at radius 1 is 1.41 bits per heavy atom. The largest absolute Gasteiger partial charge is 0.481 e. The van der Waals surface area contributed by atoms with Crippen molar-refractivity contribution in [2.24, 2.45) is 0 Å². The molecule has 4 heteroatoms. The Morgan fingerprint density at radius 3 is 2.71 bits per heavy atom. The highest BCUT2D eigenvalue weighted by atomic mass is 16.4. The summed E-state index contributed by atoms with van der Waals surface area (Å²) in [7, 11) is 0. The van der Waals surface area contributed by atoms with Gasteiger partial charge in [0.2, 0.25) is 5.91 Å². The normalized spacial score (nSPS) is 15.5. The molecule has 4 nitrogen and oxygen atoms in total. The number of fused-ring (bicyclic) bond motifs is 1. The molecule has 2 rings (SSSR count). The average molecular weight is 233 g/mol. The standard InChI is InChI=1S/C13H15NO3/c1-8(13(16)17)10-3-4-12-11(7-10)5-6-14(12)9(2)15/h3-4,7-8H,5-6H2,1-2H3,(H,16,17). The summed E-state index contributed by atoms with van der Waals surface area (Å²) in [5.74, 6) is -1.30. The summed E-state index contributed by atoms with van der Waals surface area (Å²) in [4.78, 5) is 24.0. The predicted octanol–water partition coefficient (Wildman–Crippen LogP) is 1.78. The second kappa shape index (κ2) is 4.20. The molecule has 0 saturated heterocycles. The Labute approximate surface area is 99.9 Å². The average Bonchev–Trinajstić information content (AvgIpc) is 2.70. The number of carbonyl (C=O) groups is 2. The quantitative estimate of drug-likeness (QED) is 0.847. The highest BCUT2D eigenvalue weighted by Crippen LogP contribution is 2.31. The number of amides is 1. The molecule has 90 valence electrons. The van der Waals surface area contributed by atoms with E-state index in [1.165, 1.54) is 0 Å². The monoisotopic (exact) mass is 233 g/mol. The van der Waals surface area contributed by atoms with Gasteiger partial charge in [-0.15, -0.1) is 0 Å². The van der Waals surface area contributed by atoms with Crippen LogP contribution in [0, 0.1) is 0 Å². The van der Waals surface area contributed by atoms with Gasteiger partial charge in [-0.3, -0.25) is 9.59 Å². The summed E-state index contributed by atoms with van der Waals surface area (Å²) in [6.45, 7) is 3.90. The predicted molar refractivity (Wildman–Crippen MR) is 64.2 cm³/mol. The molecule has 0 spiro atoms. The van der Waals surface area contributed by atoms with Crippen LogP contribution in [0.25, 0.3) is 0 Å². The summed E-state index contributed by atoms with van der Waals surface area (Å²) in [5.41, 5.74) is 2.77. The molecule has 0 aliphatic carbocycles. The van der Waals surface area contributed by atoms with Crippen molar-refractivity contribution in [3.05, 3.63) is 29.3 Å². The van der Waals surface area contributed by atoms with E-state index in [1.54, 1.807) is 24.8 Å². The molecule has 0 aromatic heterocycles. The van der Waals surface area contributed by atoms with Crippen molar-refractivity contribution in [3.63, 3.8) is 0 Å². The Morgan fingerprint density at radius 2 is 2.12 bits per heavy atom. The molecule has 1 N–H and O–H groups in total. The minimum absolute atomic E-state index is 0.0304. The summed E-state index contributed by atoms with van der Waals surface area (Å²) in [5, 5.41) is 8.96. The molecule has 1 amide bonds. The van der Waals surface area contributed by atoms with Crippen LogP contribution in [0.4, 0.5) is 5.69 Å². The fraction of sp³-hybridized carbons (Fsp3) is 0.385. The van der Waals surface area contributed by atoms with Crippen LogP contribution in [0.1, 0.15) is 30.9 Å². The lowest BCUT2D eigenvalue weighted by atomic mass is 9.98. The number of anilines is 1. The summed E-state index contributed by atoms with van der Waals surface area (Å²) in [6.07, 6.45) is 0.801. The van der Waals surface area contributed by atoms with Gasteiger partial charge in [0.1, 0.15) is 0 Å². The van der Waals surface area contributed by atoms with Gasteiger partial charge in [0.05, 0.1) is 5.92 Å². The Kier molecular flexibility index (Phi) is 2.88. The fourth-order valence-corrected chi connectivity index (χ4v) is 2.16. The molecule has 1 aliphatic heterocycles. The number of nitrogens with zero attached hydrogens (tertiary/aromatic N) is 1. The van der Waals surface area contributed by atoms with Gasteiger partial charge >= 0.3 is 5.97 Å². The first-order valence-electron chi connectivity index (χ1n) is 5.64. The lowest BCUT2D eigenvalue weighted by Crippen LogP contribution is -2.25. The van der Waals surface area contributed by atoms with Gasteiger partial charge in [0.25, 0.3) is 0 Å². The van der Waals surface area contributed by atoms with Crippen molar-refractivity contribution in [1.29, 1.82) is 0 Å². The first-order valence-corrected chi connectivity index (χ1v) is 5.64. The second-order valence-electron chi connectivity index (χ2n) is 4.37. The molecule has 1 heterocycles. The van der Waals surface area contributed by atoms with Crippen LogP contribution in [-0.4, -0.2) is 23.5 Å². The maximum Gasteiger partial charge on any atom is 0.310 e. The van der Waals surface area contributed by atoms with Crippen molar-refractivity contribution in [2.75, 3.05) is 11.4 Å². The number of carboxylic acid groups (broad SMARTS) is 1. The zero-order chi connectivity index (χ0) is 12.6. The number of carboxylic acids is 1. The van der Waals surface area contributed by atoms with E-state index in [4.69, 9.17) is 5.11 Å². The van der Waals surface area contributed by atoms with E-state index in [2.05, 4.69) is 0 Å². The third-order valence-corrected chi connectivity index (χ3v) is 3.25. The van der Waals surface area contributed by atoms with Crippen molar-refractivity contribution in [2.45, 2.75) is 26.2 Å². The smallest absolute Gasteiger partial charge is 0.310 e. The van der Waals surface area contributed by atoms with Crippen LogP contribution < -0.4 is 4.90 Å². The van der Waals surface area contributed by atoms with Crippen LogP contribution in [0.15, 0.2) is 18.2 Å². The van der Waals surface area contributed by atoms with E-state index in [9.17, 15) is 9.59 Å². The molecule has 0 bridgehead atoms. The number of rotatable bonds is 2. The maximum atomic E-state index is 11.4. The Bertz CT molecular complexity index is 482. The van der Waals surface area contributed by atoms with Crippen molar-refractivity contribution < 1.29 is 14.7 Å². The molecule has 1 aliphatic rings. The highest BCUT2D eigenvalue weighted by Gasteiger charge is 2.23. The van der Waals surface area contributed by atoms with E-state index in [-0.39, 0.29) is 5.91 Å². The number of aliphatic carboxylic acids is 1. The van der Waals surface area contributed by atoms with Gasteiger partial charge in [0.15, 0.2) is 0 Å². The number of hydrogen-bond acceptors (Lipinski definition) is 2. The molecule has 1 unspecified atom stereocenters. The molecule has 0 saturated carbocycles.